The van der Waals surface area contributed by atoms with Gasteiger partial charge in [0.05, 0.1) is 0 Å². The third kappa shape index (κ3) is 3.61. The van der Waals surface area contributed by atoms with Gasteiger partial charge in [-0.2, -0.15) is 0 Å². The van der Waals surface area contributed by atoms with Gasteiger partial charge in [0.25, 0.3) is 5.91 Å². The summed E-state index contributed by atoms with van der Waals surface area (Å²) in [5.74, 6) is -0.490. The van der Waals surface area contributed by atoms with Gasteiger partial charge in [-0.15, -0.1) is 0 Å². The molecular weight excluding hydrogens is 256 g/mol. The largest absolute Gasteiger partial charge is 0.326 e. The number of rotatable bonds is 3. The molecule has 0 fully saturated rings. The number of hydrogen-bond acceptors (Lipinski definition) is 4. The fraction of sp³-hybridized carbons (Fsp3) is 0.143. The summed E-state index contributed by atoms with van der Waals surface area (Å²) in [7, 11) is 0. The zero-order valence-corrected chi connectivity index (χ0v) is 11.2. The standard InChI is InChI=1S/C14H14N4O2/c1-9-6-13(16-8-15-9)14(20)18-12-5-3-4-11(7-12)17-10(2)19/h3-8H,1-2H3,(H,17,19)(H,18,20). The molecule has 0 radical (unpaired) electrons. The number of aryl methyl sites for hydroxylation is 1. The molecule has 6 nitrogen and oxygen atoms in total. The highest BCUT2D eigenvalue weighted by atomic mass is 16.2. The monoisotopic (exact) mass is 270 g/mol. The Morgan fingerprint density at radius 3 is 2.40 bits per heavy atom. The molecule has 1 heterocycles. The SMILES string of the molecule is CC(=O)Nc1cccc(NC(=O)c2cc(C)ncn2)c1. The van der Waals surface area contributed by atoms with Crippen LogP contribution >= 0.6 is 0 Å². The van der Waals surface area contributed by atoms with Gasteiger partial charge in [0.2, 0.25) is 5.91 Å². The van der Waals surface area contributed by atoms with Gasteiger partial charge >= 0.3 is 0 Å². The van der Waals surface area contributed by atoms with Crippen LogP contribution in [0.3, 0.4) is 0 Å². The first-order valence-corrected chi connectivity index (χ1v) is 6.02. The summed E-state index contributed by atoms with van der Waals surface area (Å²) in [6.45, 7) is 3.21. The number of nitrogens with one attached hydrogen (secondary N) is 2. The van der Waals surface area contributed by atoms with Crippen molar-refractivity contribution >= 4 is 23.2 Å². The normalized spacial score (nSPS) is 9.90. The second kappa shape index (κ2) is 5.92. The van der Waals surface area contributed by atoms with E-state index in [0.717, 1.165) is 5.69 Å². The Morgan fingerprint density at radius 1 is 1.05 bits per heavy atom. The summed E-state index contributed by atoms with van der Waals surface area (Å²) in [6, 6.07) is 8.50. The zero-order chi connectivity index (χ0) is 14.5. The molecule has 0 spiro atoms. The Morgan fingerprint density at radius 2 is 1.75 bits per heavy atom. The Bertz CT molecular complexity index is 655. The summed E-state index contributed by atoms with van der Waals surface area (Å²) in [5.41, 5.74) is 2.21. The minimum atomic E-state index is -0.324. The van der Waals surface area contributed by atoms with Crippen molar-refractivity contribution in [1.82, 2.24) is 9.97 Å². The molecule has 0 saturated heterocycles. The highest BCUT2D eigenvalue weighted by Crippen LogP contribution is 2.15. The van der Waals surface area contributed by atoms with E-state index >= 15 is 0 Å². The topological polar surface area (TPSA) is 84.0 Å². The van der Waals surface area contributed by atoms with E-state index in [9.17, 15) is 9.59 Å². The molecule has 20 heavy (non-hydrogen) atoms. The lowest BCUT2D eigenvalue weighted by Gasteiger charge is -2.07. The van der Waals surface area contributed by atoms with Crippen LogP contribution in [0.15, 0.2) is 36.7 Å². The van der Waals surface area contributed by atoms with Gasteiger partial charge in [-0.25, -0.2) is 9.97 Å². The average molecular weight is 270 g/mol. The van der Waals surface area contributed by atoms with Crippen LogP contribution in [0.2, 0.25) is 0 Å². The van der Waals surface area contributed by atoms with Crippen molar-refractivity contribution in [1.29, 1.82) is 0 Å². The molecule has 102 valence electrons. The van der Waals surface area contributed by atoms with Gasteiger partial charge in [-0.1, -0.05) is 6.07 Å². The van der Waals surface area contributed by atoms with Gasteiger partial charge < -0.3 is 10.6 Å². The lowest BCUT2D eigenvalue weighted by atomic mass is 10.2. The summed E-state index contributed by atoms with van der Waals surface area (Å²) in [5, 5.41) is 5.37. The highest BCUT2D eigenvalue weighted by molar-refractivity contribution is 6.03. The minimum absolute atomic E-state index is 0.167. The summed E-state index contributed by atoms with van der Waals surface area (Å²) in [4.78, 5) is 30.9. The van der Waals surface area contributed by atoms with Gasteiger partial charge in [-0.3, -0.25) is 9.59 Å². The van der Waals surface area contributed by atoms with Crippen LogP contribution in [0.5, 0.6) is 0 Å². The van der Waals surface area contributed by atoms with E-state index in [1.165, 1.54) is 13.3 Å². The van der Waals surface area contributed by atoms with Crippen LogP contribution in [0.25, 0.3) is 0 Å². The maximum absolute atomic E-state index is 12.0. The zero-order valence-electron chi connectivity index (χ0n) is 11.2. The molecule has 2 rings (SSSR count). The van der Waals surface area contributed by atoms with Crippen molar-refractivity contribution in [3.63, 3.8) is 0 Å². The smallest absolute Gasteiger partial charge is 0.274 e. The van der Waals surface area contributed by atoms with Gasteiger partial charge in [-0.05, 0) is 31.2 Å². The third-order valence-electron chi connectivity index (χ3n) is 2.48. The molecule has 1 aromatic carbocycles. The number of anilines is 2. The highest BCUT2D eigenvalue weighted by Gasteiger charge is 2.08. The predicted octanol–water partition coefficient (Wildman–Crippen LogP) is 2.00. The summed E-state index contributed by atoms with van der Waals surface area (Å²) in [6.07, 6.45) is 1.35. The molecule has 0 aliphatic rings. The molecule has 0 aliphatic heterocycles. The minimum Gasteiger partial charge on any atom is -0.326 e. The molecule has 2 N–H and O–H groups in total. The number of nitrogens with zero attached hydrogens (tertiary/aromatic N) is 2. The second-order valence-corrected chi connectivity index (χ2v) is 4.26. The molecule has 6 heteroatoms. The number of carbonyl (C=O) groups excluding carboxylic acids is 2. The first-order chi connectivity index (χ1) is 9.54. The Kier molecular flexibility index (Phi) is 4.05. The van der Waals surface area contributed by atoms with Crippen LogP contribution in [0, 0.1) is 6.92 Å². The van der Waals surface area contributed by atoms with Gasteiger partial charge in [0.1, 0.15) is 12.0 Å². The molecule has 0 atom stereocenters. The number of hydrogen-bond donors (Lipinski definition) is 2. The molecule has 0 saturated carbocycles. The van der Waals surface area contributed by atoms with Gasteiger partial charge in [0.15, 0.2) is 0 Å². The van der Waals surface area contributed by atoms with Crippen molar-refractivity contribution < 1.29 is 9.59 Å². The van der Waals surface area contributed by atoms with Crippen LogP contribution in [-0.2, 0) is 4.79 Å². The molecule has 0 bridgehead atoms. The average Bonchev–Trinajstić information content (AvgIpc) is 2.38. The van der Waals surface area contributed by atoms with E-state index in [4.69, 9.17) is 0 Å². The third-order valence-corrected chi connectivity index (χ3v) is 2.48. The van der Waals surface area contributed by atoms with E-state index < -0.39 is 0 Å². The van der Waals surface area contributed by atoms with Crippen molar-refractivity contribution in [2.24, 2.45) is 0 Å². The van der Waals surface area contributed by atoms with Crippen LogP contribution < -0.4 is 10.6 Å². The fourth-order valence-electron chi connectivity index (χ4n) is 1.65. The van der Waals surface area contributed by atoms with Crippen LogP contribution in [-0.4, -0.2) is 21.8 Å². The summed E-state index contributed by atoms with van der Waals surface area (Å²) >= 11 is 0. The number of benzene rings is 1. The molecule has 1 aromatic heterocycles. The maximum Gasteiger partial charge on any atom is 0.274 e. The molecule has 0 aliphatic carbocycles. The Hall–Kier alpha value is -2.76. The van der Waals surface area contributed by atoms with Crippen molar-refractivity contribution in [2.75, 3.05) is 10.6 Å². The maximum atomic E-state index is 12.0. The van der Waals surface area contributed by atoms with Crippen molar-refractivity contribution in [3.05, 3.63) is 48.0 Å². The van der Waals surface area contributed by atoms with E-state index in [0.29, 0.717) is 17.1 Å². The van der Waals surface area contributed by atoms with E-state index in [2.05, 4.69) is 20.6 Å². The van der Waals surface area contributed by atoms with E-state index in [1.54, 1.807) is 37.3 Å². The van der Waals surface area contributed by atoms with Crippen LogP contribution in [0.1, 0.15) is 23.1 Å². The van der Waals surface area contributed by atoms with E-state index in [-0.39, 0.29) is 11.8 Å². The predicted molar refractivity (Wildman–Crippen MR) is 75.5 cm³/mol. The van der Waals surface area contributed by atoms with Crippen molar-refractivity contribution in [3.8, 4) is 0 Å². The van der Waals surface area contributed by atoms with E-state index in [1.807, 2.05) is 0 Å². The lowest BCUT2D eigenvalue weighted by Crippen LogP contribution is -2.14. The number of carbonyl (C=O) groups is 2. The molecule has 2 amide bonds. The number of amides is 2. The summed E-state index contributed by atoms with van der Waals surface area (Å²) < 4.78 is 0. The van der Waals surface area contributed by atoms with Gasteiger partial charge in [0, 0.05) is 24.0 Å². The first kappa shape index (κ1) is 13.7. The van der Waals surface area contributed by atoms with Crippen LogP contribution in [0.4, 0.5) is 11.4 Å². The quantitative estimate of drug-likeness (QED) is 0.893. The molecule has 0 unspecified atom stereocenters. The molecule has 2 aromatic rings. The number of aromatic nitrogens is 2. The fourth-order valence-corrected chi connectivity index (χ4v) is 1.65. The first-order valence-electron chi connectivity index (χ1n) is 6.02. The Balaban J connectivity index is 2.13. The second-order valence-electron chi connectivity index (χ2n) is 4.26. The van der Waals surface area contributed by atoms with Crippen molar-refractivity contribution in [2.45, 2.75) is 13.8 Å². The lowest BCUT2D eigenvalue weighted by molar-refractivity contribution is -0.114. The Labute approximate surface area is 116 Å². The molecular formula is C14H14N4O2.